The predicted molar refractivity (Wildman–Crippen MR) is 100 cm³/mol. The number of carboxylic acids is 1. The van der Waals surface area contributed by atoms with E-state index in [1.54, 1.807) is 0 Å². The van der Waals surface area contributed by atoms with Gasteiger partial charge in [0, 0.05) is 6.54 Å². The van der Waals surface area contributed by atoms with Crippen LogP contribution in [0.2, 0.25) is 0 Å². The molecule has 29 heavy (non-hydrogen) atoms. The number of rotatable bonds is 9. The highest BCUT2D eigenvalue weighted by molar-refractivity contribution is 5.95. The molecule has 1 aliphatic heterocycles. The lowest BCUT2D eigenvalue weighted by Gasteiger charge is -2.27. The van der Waals surface area contributed by atoms with Crippen molar-refractivity contribution < 1.29 is 34.2 Å². The summed E-state index contributed by atoms with van der Waals surface area (Å²) in [5.74, 6) is -3.79. The van der Waals surface area contributed by atoms with Crippen molar-refractivity contribution in [3.05, 3.63) is 0 Å². The molecule has 0 spiro atoms. The van der Waals surface area contributed by atoms with Crippen LogP contribution in [0.4, 0.5) is 0 Å². The molecular formula is C17H29N5O7. The van der Waals surface area contributed by atoms with Crippen molar-refractivity contribution in [2.75, 3.05) is 13.2 Å². The quantitative estimate of drug-likeness (QED) is 0.228. The summed E-state index contributed by atoms with van der Waals surface area (Å²) in [6, 6.07) is -5.16. The molecule has 0 radical (unpaired) electrons. The molecule has 0 bridgehead atoms. The topological polar surface area (TPSA) is 191 Å². The maximum atomic E-state index is 12.5. The van der Waals surface area contributed by atoms with E-state index in [9.17, 15) is 29.1 Å². The molecule has 0 unspecified atom stereocenters. The number of carboxylic acid groups (broad SMARTS) is 1. The van der Waals surface area contributed by atoms with E-state index in [-0.39, 0.29) is 5.91 Å². The summed E-state index contributed by atoms with van der Waals surface area (Å²) in [5, 5.41) is 25.1. The van der Waals surface area contributed by atoms with Crippen LogP contribution in [0, 0.1) is 0 Å². The molecule has 1 heterocycles. The number of carbonyl (C=O) groups excluding carboxylic acids is 4. The number of nitrogens with one attached hydrogen (secondary N) is 3. The number of aliphatic carboxylic acids is 1. The van der Waals surface area contributed by atoms with Crippen LogP contribution in [0.5, 0.6) is 0 Å². The number of hydrogen-bond acceptors (Lipinski definition) is 7. The van der Waals surface area contributed by atoms with Gasteiger partial charge in [0.05, 0.1) is 12.6 Å². The summed E-state index contributed by atoms with van der Waals surface area (Å²) in [6.45, 7) is 3.75. The van der Waals surface area contributed by atoms with Gasteiger partial charge in [-0.2, -0.15) is 0 Å². The number of hydrogen-bond donors (Lipinski definition) is 6. The van der Waals surface area contributed by atoms with Crippen LogP contribution >= 0.6 is 0 Å². The fourth-order valence-corrected chi connectivity index (χ4v) is 2.81. The van der Waals surface area contributed by atoms with Crippen molar-refractivity contribution in [3.63, 3.8) is 0 Å². The van der Waals surface area contributed by atoms with Crippen LogP contribution in [0.15, 0.2) is 0 Å². The van der Waals surface area contributed by atoms with Crippen LogP contribution in [0.1, 0.15) is 33.6 Å². The number of carbonyl (C=O) groups is 5. The van der Waals surface area contributed by atoms with E-state index in [0.29, 0.717) is 19.4 Å². The smallest absolute Gasteiger partial charge is 0.325 e. The predicted octanol–water partition coefficient (Wildman–Crippen LogP) is -3.10. The van der Waals surface area contributed by atoms with E-state index in [1.165, 1.54) is 25.7 Å². The van der Waals surface area contributed by atoms with Crippen molar-refractivity contribution >= 4 is 29.6 Å². The molecule has 12 nitrogen and oxygen atoms in total. The van der Waals surface area contributed by atoms with Gasteiger partial charge in [-0.3, -0.25) is 24.0 Å². The molecule has 5 atom stereocenters. The minimum Gasteiger partial charge on any atom is -0.480 e. The van der Waals surface area contributed by atoms with Gasteiger partial charge in [-0.05, 0) is 33.6 Å². The Morgan fingerprint density at radius 1 is 1.03 bits per heavy atom. The highest BCUT2D eigenvalue weighted by Crippen LogP contribution is 2.18. The van der Waals surface area contributed by atoms with Crippen molar-refractivity contribution in [3.8, 4) is 0 Å². The third-order valence-corrected chi connectivity index (χ3v) is 4.52. The second-order valence-electron chi connectivity index (χ2n) is 7.02. The summed E-state index contributed by atoms with van der Waals surface area (Å²) in [5.41, 5.74) is 5.59. The van der Waals surface area contributed by atoms with E-state index in [4.69, 9.17) is 10.8 Å². The number of aliphatic hydroxyl groups excluding tert-OH is 1. The molecule has 1 rings (SSSR count). The third-order valence-electron chi connectivity index (χ3n) is 4.52. The van der Waals surface area contributed by atoms with Crippen molar-refractivity contribution in [2.24, 2.45) is 5.73 Å². The maximum Gasteiger partial charge on any atom is 0.325 e. The molecule has 1 saturated heterocycles. The van der Waals surface area contributed by atoms with Crippen molar-refractivity contribution in [2.45, 2.75) is 63.8 Å². The molecule has 0 aromatic heterocycles. The van der Waals surface area contributed by atoms with Crippen LogP contribution < -0.4 is 21.7 Å². The largest absolute Gasteiger partial charge is 0.480 e. The lowest BCUT2D eigenvalue weighted by Crippen LogP contribution is -2.58. The molecule has 0 aromatic rings. The lowest BCUT2D eigenvalue weighted by molar-refractivity contribution is -0.141. The first-order valence-electron chi connectivity index (χ1n) is 9.30. The van der Waals surface area contributed by atoms with E-state index >= 15 is 0 Å². The fraction of sp³-hybridized carbons (Fsp3) is 0.706. The standard InChI is InChI=1S/C17H29N5O7/c1-8(18)16(27)22-6-4-5-12(22)15(26)21-11(7-23)14(25)19-9(2)13(24)20-10(3)17(28)29/h8-12,23H,4-7,18H2,1-3H3,(H,19,25)(H,20,24)(H,21,26)(H,28,29)/t8-,9-,10-,11-,12-/m0/s1. The molecule has 4 amide bonds. The Bertz CT molecular complexity index is 654. The summed E-state index contributed by atoms with van der Waals surface area (Å²) in [7, 11) is 0. The van der Waals surface area contributed by atoms with Crippen LogP contribution in [-0.4, -0.2) is 88.1 Å². The van der Waals surface area contributed by atoms with E-state index in [1.807, 2.05) is 0 Å². The van der Waals surface area contributed by atoms with Gasteiger partial charge in [0.15, 0.2) is 0 Å². The zero-order chi connectivity index (χ0) is 22.3. The minimum atomic E-state index is -1.34. The zero-order valence-corrected chi connectivity index (χ0v) is 16.7. The highest BCUT2D eigenvalue weighted by Gasteiger charge is 2.36. The first kappa shape index (κ1) is 24.3. The monoisotopic (exact) mass is 415 g/mol. The Balaban J connectivity index is 2.68. The minimum absolute atomic E-state index is 0.368. The first-order valence-corrected chi connectivity index (χ1v) is 9.30. The molecule has 7 N–H and O–H groups in total. The van der Waals surface area contributed by atoms with Crippen molar-refractivity contribution in [1.82, 2.24) is 20.9 Å². The third kappa shape index (κ3) is 6.68. The van der Waals surface area contributed by atoms with E-state index in [2.05, 4.69) is 16.0 Å². The van der Waals surface area contributed by atoms with Gasteiger partial charge in [-0.1, -0.05) is 0 Å². The van der Waals surface area contributed by atoms with Gasteiger partial charge < -0.3 is 36.8 Å². The Kier molecular flexibility index (Phi) is 8.98. The molecule has 164 valence electrons. The molecule has 0 aromatic carbocycles. The van der Waals surface area contributed by atoms with Crippen LogP contribution in [0.25, 0.3) is 0 Å². The van der Waals surface area contributed by atoms with Gasteiger partial charge in [0.1, 0.15) is 24.2 Å². The summed E-state index contributed by atoms with van der Waals surface area (Å²) >= 11 is 0. The molecule has 1 aliphatic rings. The van der Waals surface area contributed by atoms with Gasteiger partial charge in [-0.25, -0.2) is 0 Å². The highest BCUT2D eigenvalue weighted by atomic mass is 16.4. The van der Waals surface area contributed by atoms with Gasteiger partial charge in [0.2, 0.25) is 23.6 Å². The van der Waals surface area contributed by atoms with Gasteiger partial charge in [0.25, 0.3) is 0 Å². The van der Waals surface area contributed by atoms with Gasteiger partial charge >= 0.3 is 5.97 Å². The number of amides is 4. The molecule has 0 saturated carbocycles. The fourth-order valence-electron chi connectivity index (χ4n) is 2.81. The van der Waals surface area contributed by atoms with Crippen LogP contribution in [0.3, 0.4) is 0 Å². The number of likely N-dealkylation sites (tertiary alicyclic amines) is 1. The SMILES string of the molecule is C[C@H](N)C(=O)N1CCC[C@H]1C(=O)N[C@@H](CO)C(=O)N[C@@H](C)C(=O)N[C@@H](C)C(=O)O. The Labute approximate surface area is 168 Å². The Morgan fingerprint density at radius 3 is 2.14 bits per heavy atom. The zero-order valence-electron chi connectivity index (χ0n) is 16.7. The molecular weight excluding hydrogens is 386 g/mol. The average molecular weight is 415 g/mol. The summed E-state index contributed by atoms with van der Waals surface area (Å²) in [4.78, 5) is 61.0. The molecule has 12 heteroatoms. The second-order valence-corrected chi connectivity index (χ2v) is 7.02. The Hall–Kier alpha value is -2.73. The normalized spacial score (nSPS) is 20.2. The molecule has 0 aliphatic carbocycles. The summed E-state index contributed by atoms with van der Waals surface area (Å²) in [6.07, 6.45) is 1.00. The molecule has 1 fully saturated rings. The number of aliphatic hydroxyl groups is 1. The number of nitrogens with two attached hydrogens (primary N) is 1. The number of nitrogens with zero attached hydrogens (tertiary/aromatic N) is 1. The van der Waals surface area contributed by atoms with E-state index < -0.39 is 60.5 Å². The first-order chi connectivity index (χ1) is 13.5. The maximum absolute atomic E-state index is 12.5. The lowest BCUT2D eigenvalue weighted by atomic mass is 10.1. The van der Waals surface area contributed by atoms with Crippen molar-refractivity contribution in [1.29, 1.82) is 0 Å². The summed E-state index contributed by atoms with van der Waals surface area (Å²) < 4.78 is 0. The van der Waals surface area contributed by atoms with Crippen LogP contribution in [-0.2, 0) is 24.0 Å². The van der Waals surface area contributed by atoms with E-state index in [0.717, 1.165) is 0 Å². The second kappa shape index (κ2) is 10.7. The average Bonchev–Trinajstić information content (AvgIpc) is 3.14. The Morgan fingerprint density at radius 2 is 1.62 bits per heavy atom. The van der Waals surface area contributed by atoms with Gasteiger partial charge in [-0.15, -0.1) is 0 Å².